The Bertz CT molecular complexity index is 367. The summed E-state index contributed by atoms with van der Waals surface area (Å²) in [6.45, 7) is 4.21. The van der Waals surface area contributed by atoms with E-state index in [2.05, 4.69) is 37.4 Å². The molecule has 0 heterocycles. The number of nitriles is 1. The van der Waals surface area contributed by atoms with E-state index < -0.39 is 0 Å². The van der Waals surface area contributed by atoms with Crippen molar-refractivity contribution in [2.24, 2.45) is 0 Å². The van der Waals surface area contributed by atoms with Crippen LogP contribution in [-0.2, 0) is 0 Å². The number of rotatable bonds is 6. The first-order valence-corrected chi connectivity index (χ1v) is 5.98. The van der Waals surface area contributed by atoms with Gasteiger partial charge in [-0.15, -0.1) is 0 Å². The van der Waals surface area contributed by atoms with Gasteiger partial charge in [-0.1, -0.05) is 19.1 Å². The molecule has 1 aromatic carbocycles. The van der Waals surface area contributed by atoms with Crippen LogP contribution in [0.4, 0.5) is 0 Å². The molecule has 0 saturated heterocycles. The lowest BCUT2D eigenvalue weighted by atomic mass is 10.1. The number of nitrogens with one attached hydrogen (secondary N) is 1. The van der Waals surface area contributed by atoms with Crippen LogP contribution in [0.2, 0.25) is 0 Å². The quantitative estimate of drug-likeness (QED) is 0.820. The fourth-order valence-electron chi connectivity index (χ4n) is 1.77. The topological polar surface area (TPSA) is 45.0 Å². The Labute approximate surface area is 103 Å². The Kier molecular flexibility index (Phi) is 5.51. The van der Waals surface area contributed by atoms with Gasteiger partial charge in [-0.25, -0.2) is 0 Å². The maximum atomic E-state index is 8.71. The minimum Gasteiger partial charge on any atom is -0.497 e. The summed E-state index contributed by atoms with van der Waals surface area (Å²) in [6.07, 6.45) is 1.52. The molecule has 1 N–H and O–H groups in total. The van der Waals surface area contributed by atoms with E-state index in [0.29, 0.717) is 6.42 Å². The second-order valence-corrected chi connectivity index (χ2v) is 4.13. The number of methoxy groups -OCH3 is 1. The molecule has 0 spiro atoms. The molecule has 2 atom stereocenters. The molecule has 0 radical (unpaired) electrons. The van der Waals surface area contributed by atoms with Gasteiger partial charge in [-0.05, 0) is 31.0 Å². The second kappa shape index (κ2) is 6.93. The highest BCUT2D eigenvalue weighted by atomic mass is 16.5. The molecule has 3 heteroatoms. The zero-order valence-corrected chi connectivity index (χ0v) is 10.7. The van der Waals surface area contributed by atoms with E-state index in [1.165, 1.54) is 5.56 Å². The number of nitrogens with zero attached hydrogens (tertiary/aromatic N) is 1. The predicted octanol–water partition coefficient (Wildman–Crippen LogP) is 3.04. The largest absolute Gasteiger partial charge is 0.497 e. The minimum atomic E-state index is 0.249. The standard InChI is InChI=1S/C14H20N2O/c1-4-13(9-10-15)16-11(2)12-5-7-14(17-3)8-6-12/h5-8,11,13,16H,4,9H2,1-3H3/t11-,13?/m1/s1. The highest BCUT2D eigenvalue weighted by molar-refractivity contribution is 5.28. The second-order valence-electron chi connectivity index (χ2n) is 4.13. The van der Waals surface area contributed by atoms with Gasteiger partial charge in [0.1, 0.15) is 5.75 Å². The highest BCUT2D eigenvalue weighted by Crippen LogP contribution is 2.18. The van der Waals surface area contributed by atoms with Crippen LogP contribution in [0.3, 0.4) is 0 Å². The van der Waals surface area contributed by atoms with Crippen molar-refractivity contribution in [2.75, 3.05) is 7.11 Å². The van der Waals surface area contributed by atoms with Crippen molar-refractivity contribution in [3.05, 3.63) is 29.8 Å². The summed E-state index contributed by atoms with van der Waals surface area (Å²) in [5.74, 6) is 0.866. The van der Waals surface area contributed by atoms with Gasteiger partial charge in [0.15, 0.2) is 0 Å². The Hall–Kier alpha value is -1.53. The Morgan fingerprint density at radius 2 is 2.00 bits per heavy atom. The molecular formula is C14H20N2O. The maximum Gasteiger partial charge on any atom is 0.118 e. The molecule has 0 saturated carbocycles. The van der Waals surface area contributed by atoms with Gasteiger partial charge in [-0.3, -0.25) is 0 Å². The van der Waals surface area contributed by atoms with Crippen molar-refractivity contribution in [1.29, 1.82) is 5.26 Å². The molecule has 92 valence electrons. The van der Waals surface area contributed by atoms with Crippen LogP contribution in [0, 0.1) is 11.3 Å². The fraction of sp³-hybridized carbons (Fsp3) is 0.500. The molecule has 0 aromatic heterocycles. The van der Waals surface area contributed by atoms with Gasteiger partial charge in [-0.2, -0.15) is 5.26 Å². The monoisotopic (exact) mass is 232 g/mol. The van der Waals surface area contributed by atoms with Crippen molar-refractivity contribution < 1.29 is 4.74 Å². The van der Waals surface area contributed by atoms with Crippen LogP contribution in [-0.4, -0.2) is 13.2 Å². The van der Waals surface area contributed by atoms with E-state index in [-0.39, 0.29) is 12.1 Å². The van der Waals surface area contributed by atoms with Crippen LogP contribution < -0.4 is 10.1 Å². The van der Waals surface area contributed by atoms with E-state index >= 15 is 0 Å². The first kappa shape index (κ1) is 13.5. The lowest BCUT2D eigenvalue weighted by molar-refractivity contribution is 0.413. The normalized spacial score (nSPS) is 13.8. The highest BCUT2D eigenvalue weighted by Gasteiger charge is 2.11. The van der Waals surface area contributed by atoms with Crippen LogP contribution in [0.1, 0.15) is 38.3 Å². The summed E-state index contributed by atoms with van der Waals surface area (Å²) in [4.78, 5) is 0. The molecule has 1 aromatic rings. The summed E-state index contributed by atoms with van der Waals surface area (Å²) >= 11 is 0. The van der Waals surface area contributed by atoms with Crippen molar-refractivity contribution in [2.45, 2.75) is 38.8 Å². The zero-order valence-electron chi connectivity index (χ0n) is 10.7. The molecule has 17 heavy (non-hydrogen) atoms. The molecule has 0 fully saturated rings. The molecule has 0 aliphatic rings. The predicted molar refractivity (Wildman–Crippen MR) is 68.9 cm³/mol. The maximum absolute atomic E-state index is 8.71. The van der Waals surface area contributed by atoms with E-state index in [1.807, 2.05) is 12.1 Å². The minimum absolute atomic E-state index is 0.249. The lowest BCUT2D eigenvalue weighted by Gasteiger charge is -2.20. The summed E-state index contributed by atoms with van der Waals surface area (Å²) in [6, 6.07) is 10.7. The van der Waals surface area contributed by atoms with Gasteiger partial charge in [0, 0.05) is 12.1 Å². The van der Waals surface area contributed by atoms with Gasteiger partial charge in [0.2, 0.25) is 0 Å². The smallest absolute Gasteiger partial charge is 0.118 e. The van der Waals surface area contributed by atoms with Gasteiger partial charge >= 0.3 is 0 Å². The van der Waals surface area contributed by atoms with Crippen LogP contribution in [0.5, 0.6) is 5.75 Å². The SMILES string of the molecule is CCC(CC#N)N[C@H](C)c1ccc(OC)cc1. The van der Waals surface area contributed by atoms with Crippen molar-refractivity contribution >= 4 is 0 Å². The number of benzene rings is 1. The molecule has 0 aliphatic carbocycles. The van der Waals surface area contributed by atoms with Crippen molar-refractivity contribution in [3.63, 3.8) is 0 Å². The summed E-state index contributed by atoms with van der Waals surface area (Å²) in [5.41, 5.74) is 1.21. The van der Waals surface area contributed by atoms with E-state index in [1.54, 1.807) is 7.11 Å². The molecule has 1 rings (SSSR count). The van der Waals surface area contributed by atoms with E-state index in [4.69, 9.17) is 10.00 Å². The Balaban J connectivity index is 2.62. The number of hydrogen-bond donors (Lipinski definition) is 1. The van der Waals surface area contributed by atoms with Crippen LogP contribution in [0.15, 0.2) is 24.3 Å². The van der Waals surface area contributed by atoms with Crippen LogP contribution in [0.25, 0.3) is 0 Å². The molecule has 0 aliphatic heterocycles. The third-order valence-corrected chi connectivity index (χ3v) is 2.93. The van der Waals surface area contributed by atoms with Crippen molar-refractivity contribution in [3.8, 4) is 11.8 Å². The van der Waals surface area contributed by atoms with Gasteiger partial charge in [0.25, 0.3) is 0 Å². The van der Waals surface area contributed by atoms with Crippen molar-refractivity contribution in [1.82, 2.24) is 5.32 Å². The fourth-order valence-corrected chi connectivity index (χ4v) is 1.77. The summed E-state index contributed by atoms with van der Waals surface area (Å²) in [7, 11) is 1.66. The molecule has 0 bridgehead atoms. The molecule has 1 unspecified atom stereocenters. The molecule has 0 amide bonds. The van der Waals surface area contributed by atoms with Gasteiger partial charge in [0.05, 0.1) is 19.6 Å². The summed E-state index contributed by atoms with van der Waals surface area (Å²) < 4.78 is 5.13. The van der Waals surface area contributed by atoms with E-state index in [0.717, 1.165) is 12.2 Å². The first-order chi connectivity index (χ1) is 8.21. The zero-order chi connectivity index (χ0) is 12.7. The lowest BCUT2D eigenvalue weighted by Crippen LogP contribution is -2.30. The first-order valence-electron chi connectivity index (χ1n) is 5.98. The average molecular weight is 232 g/mol. The third-order valence-electron chi connectivity index (χ3n) is 2.93. The number of hydrogen-bond acceptors (Lipinski definition) is 3. The summed E-state index contributed by atoms with van der Waals surface area (Å²) in [5, 5.41) is 12.2. The molecular weight excluding hydrogens is 212 g/mol. The van der Waals surface area contributed by atoms with Crippen LogP contribution >= 0.6 is 0 Å². The Morgan fingerprint density at radius 1 is 1.35 bits per heavy atom. The Morgan fingerprint density at radius 3 is 2.47 bits per heavy atom. The van der Waals surface area contributed by atoms with Gasteiger partial charge < -0.3 is 10.1 Å². The average Bonchev–Trinajstić information content (AvgIpc) is 2.38. The van der Waals surface area contributed by atoms with E-state index in [9.17, 15) is 0 Å². The number of ether oxygens (including phenoxy) is 1. The molecule has 3 nitrogen and oxygen atoms in total. The third kappa shape index (κ3) is 4.08.